The van der Waals surface area contributed by atoms with E-state index in [1.54, 1.807) is 0 Å². The fraction of sp³-hybridized carbons (Fsp3) is 0.941. The number of ketones is 1. The lowest BCUT2D eigenvalue weighted by atomic mass is 9.52. The van der Waals surface area contributed by atoms with Crippen LogP contribution in [0.25, 0.3) is 0 Å². The van der Waals surface area contributed by atoms with Crippen molar-refractivity contribution in [2.45, 2.75) is 78.6 Å². The van der Waals surface area contributed by atoms with Gasteiger partial charge in [-0.2, -0.15) is 0 Å². The molecule has 3 aliphatic carbocycles. The van der Waals surface area contributed by atoms with E-state index in [2.05, 4.69) is 54.6 Å². The van der Waals surface area contributed by atoms with E-state index in [4.69, 9.17) is 4.43 Å². The lowest BCUT2D eigenvalue weighted by Crippen LogP contribution is -2.58. The summed E-state index contributed by atoms with van der Waals surface area (Å²) in [5, 5.41) is 0.216. The van der Waals surface area contributed by atoms with Gasteiger partial charge in [-0.3, -0.25) is 4.79 Å². The highest BCUT2D eigenvalue weighted by atomic mass is 28.4. The number of carbonyl (C=O) groups excluding carboxylic acids is 1. The number of carbonyl (C=O) groups is 1. The van der Waals surface area contributed by atoms with Crippen molar-refractivity contribution in [3.8, 4) is 0 Å². The number of rotatable bonds is 2. The van der Waals surface area contributed by atoms with Gasteiger partial charge in [0.05, 0.1) is 6.10 Å². The molecule has 0 unspecified atom stereocenters. The minimum Gasteiger partial charge on any atom is -0.413 e. The first-order chi connectivity index (χ1) is 8.87. The van der Waals surface area contributed by atoms with Crippen molar-refractivity contribution >= 4 is 14.1 Å². The van der Waals surface area contributed by atoms with Crippen molar-refractivity contribution in [3.05, 3.63) is 0 Å². The second kappa shape index (κ2) is 4.67. The molecule has 116 valence electrons. The van der Waals surface area contributed by atoms with Crippen LogP contribution in [0.15, 0.2) is 0 Å². The first-order valence-electron chi connectivity index (χ1n) is 8.08. The highest BCUT2D eigenvalue weighted by molar-refractivity contribution is 6.74. The Bertz CT molecular complexity index is 406. The van der Waals surface area contributed by atoms with Crippen molar-refractivity contribution in [1.29, 1.82) is 0 Å². The molecule has 0 amide bonds. The predicted molar refractivity (Wildman–Crippen MR) is 86.2 cm³/mol. The van der Waals surface area contributed by atoms with Gasteiger partial charge in [0.25, 0.3) is 0 Å². The lowest BCUT2D eigenvalue weighted by Gasteiger charge is -2.55. The molecule has 0 spiro atoms. The van der Waals surface area contributed by atoms with Crippen LogP contribution in [0, 0.1) is 23.2 Å². The maximum atomic E-state index is 12.6. The molecule has 3 fully saturated rings. The molecular weight excluding hydrogens is 264 g/mol. The molecule has 3 aliphatic rings. The molecule has 0 N–H and O–H groups in total. The standard InChI is InChI=1S/C17H32O2Si/c1-11-13-9-14(19-20(7,8)16(2,3)4)12(15(11)18)10-17(13,5)6/h11-14H,9-10H2,1-8H3/t11-,12+,13+,14-/m1/s1. The average Bonchev–Trinajstić information content (AvgIpc) is 2.24. The van der Waals surface area contributed by atoms with Crippen molar-refractivity contribution in [2.24, 2.45) is 23.2 Å². The Labute approximate surface area is 125 Å². The molecule has 0 aromatic carbocycles. The third-order valence-electron chi connectivity index (χ3n) is 6.35. The normalized spacial score (nSPS) is 37.3. The van der Waals surface area contributed by atoms with Gasteiger partial charge in [0.15, 0.2) is 8.32 Å². The summed E-state index contributed by atoms with van der Waals surface area (Å²) >= 11 is 0. The first-order valence-corrected chi connectivity index (χ1v) is 11.0. The minimum atomic E-state index is -1.78. The summed E-state index contributed by atoms with van der Waals surface area (Å²) in [6, 6.07) is 0. The SMILES string of the molecule is C[C@H]1C(=O)[C@H]2CC(C)(C)[C@H]1C[C@H]2O[Si](C)(C)C(C)(C)C. The fourth-order valence-electron chi connectivity index (χ4n) is 3.97. The maximum absolute atomic E-state index is 12.6. The number of hydrogen-bond acceptors (Lipinski definition) is 2. The molecule has 3 rings (SSSR count). The van der Waals surface area contributed by atoms with Crippen LogP contribution < -0.4 is 0 Å². The van der Waals surface area contributed by atoms with Gasteiger partial charge in [-0.1, -0.05) is 41.5 Å². The van der Waals surface area contributed by atoms with Crippen molar-refractivity contribution in [3.63, 3.8) is 0 Å². The minimum absolute atomic E-state index is 0.138. The van der Waals surface area contributed by atoms with E-state index in [9.17, 15) is 4.79 Å². The first kappa shape index (κ1) is 16.2. The number of hydrogen-bond donors (Lipinski definition) is 0. The quantitative estimate of drug-likeness (QED) is 0.693. The topological polar surface area (TPSA) is 26.3 Å². The summed E-state index contributed by atoms with van der Waals surface area (Å²) in [6.07, 6.45) is 2.27. The molecular formula is C17H32O2Si. The Morgan fingerprint density at radius 1 is 1.25 bits per heavy atom. The van der Waals surface area contributed by atoms with Gasteiger partial charge in [-0.05, 0) is 42.3 Å². The summed E-state index contributed by atoms with van der Waals surface area (Å²) in [6.45, 7) is 18.2. The lowest BCUT2D eigenvalue weighted by molar-refractivity contribution is -0.154. The molecule has 2 nitrogen and oxygen atoms in total. The van der Waals surface area contributed by atoms with Crippen LogP contribution in [0.4, 0.5) is 0 Å². The Kier molecular flexibility index (Phi) is 3.79. The van der Waals surface area contributed by atoms with E-state index in [0.717, 1.165) is 12.8 Å². The van der Waals surface area contributed by atoms with Crippen LogP contribution in [0.2, 0.25) is 18.1 Å². The summed E-state index contributed by atoms with van der Waals surface area (Å²) in [5.74, 6) is 1.32. The number of fused-ring (bicyclic) bond motifs is 3. The summed E-state index contributed by atoms with van der Waals surface area (Å²) in [5.41, 5.74) is 0.297. The van der Waals surface area contributed by atoms with Gasteiger partial charge in [-0.25, -0.2) is 0 Å². The molecule has 0 heterocycles. The van der Waals surface area contributed by atoms with Crippen LogP contribution >= 0.6 is 0 Å². The van der Waals surface area contributed by atoms with Gasteiger partial charge < -0.3 is 4.43 Å². The smallest absolute Gasteiger partial charge is 0.192 e. The highest BCUT2D eigenvalue weighted by Crippen LogP contribution is 2.55. The van der Waals surface area contributed by atoms with Gasteiger partial charge >= 0.3 is 0 Å². The van der Waals surface area contributed by atoms with Gasteiger partial charge in [-0.15, -0.1) is 0 Å². The van der Waals surface area contributed by atoms with Crippen molar-refractivity contribution in [1.82, 2.24) is 0 Å². The third kappa shape index (κ3) is 2.52. The fourth-order valence-corrected chi connectivity index (χ4v) is 5.34. The van der Waals surface area contributed by atoms with Crippen LogP contribution in [-0.2, 0) is 9.22 Å². The molecule has 0 saturated heterocycles. The zero-order chi connectivity index (χ0) is 15.5. The molecule has 0 aromatic heterocycles. The van der Waals surface area contributed by atoms with Gasteiger partial charge in [0, 0.05) is 11.8 Å². The largest absolute Gasteiger partial charge is 0.413 e. The highest BCUT2D eigenvalue weighted by Gasteiger charge is 2.56. The van der Waals surface area contributed by atoms with Crippen LogP contribution in [-0.4, -0.2) is 20.2 Å². The summed E-state index contributed by atoms with van der Waals surface area (Å²) < 4.78 is 6.61. The summed E-state index contributed by atoms with van der Waals surface area (Å²) in [4.78, 5) is 12.6. The Hall–Kier alpha value is -0.153. The molecule has 2 bridgehead atoms. The third-order valence-corrected chi connectivity index (χ3v) is 10.9. The molecule has 20 heavy (non-hydrogen) atoms. The average molecular weight is 297 g/mol. The second-order valence-corrected chi connectivity index (χ2v) is 14.0. The van der Waals surface area contributed by atoms with Crippen LogP contribution in [0.3, 0.4) is 0 Å². The Morgan fingerprint density at radius 2 is 1.80 bits per heavy atom. The van der Waals surface area contributed by atoms with Crippen molar-refractivity contribution < 1.29 is 9.22 Å². The molecule has 0 radical (unpaired) electrons. The zero-order valence-corrected chi connectivity index (χ0v) is 15.5. The second-order valence-electron chi connectivity index (χ2n) is 9.25. The van der Waals surface area contributed by atoms with E-state index in [1.807, 2.05) is 0 Å². The molecule has 3 heteroatoms. The number of Topliss-reactive ketones (excluding diaryl/α,β-unsaturated/α-hetero) is 1. The van der Waals surface area contributed by atoms with Crippen molar-refractivity contribution in [2.75, 3.05) is 0 Å². The van der Waals surface area contributed by atoms with E-state index in [0.29, 0.717) is 17.1 Å². The molecule has 0 aliphatic heterocycles. The van der Waals surface area contributed by atoms with Crippen LogP contribution in [0.1, 0.15) is 54.4 Å². The Balaban J connectivity index is 2.20. The van der Waals surface area contributed by atoms with Crippen LogP contribution in [0.5, 0.6) is 0 Å². The zero-order valence-electron chi connectivity index (χ0n) is 14.5. The Morgan fingerprint density at radius 3 is 2.30 bits per heavy atom. The monoisotopic (exact) mass is 296 g/mol. The predicted octanol–water partition coefficient (Wildman–Crippen LogP) is 4.65. The van der Waals surface area contributed by atoms with E-state index >= 15 is 0 Å². The molecule has 0 aromatic rings. The molecule has 3 saturated carbocycles. The van der Waals surface area contributed by atoms with E-state index in [-0.39, 0.29) is 23.0 Å². The molecule has 4 atom stereocenters. The maximum Gasteiger partial charge on any atom is 0.192 e. The summed E-state index contributed by atoms with van der Waals surface area (Å²) in [7, 11) is -1.78. The van der Waals surface area contributed by atoms with Gasteiger partial charge in [0.2, 0.25) is 0 Å². The van der Waals surface area contributed by atoms with E-state index < -0.39 is 8.32 Å². The van der Waals surface area contributed by atoms with Gasteiger partial charge in [0.1, 0.15) is 5.78 Å². The van der Waals surface area contributed by atoms with E-state index in [1.165, 1.54) is 0 Å².